The van der Waals surface area contributed by atoms with Gasteiger partial charge in [-0.1, -0.05) is 18.5 Å². The lowest BCUT2D eigenvalue weighted by molar-refractivity contribution is -0.117. The fraction of sp³-hybridized carbons (Fsp3) is 0.500. The molecule has 0 bridgehead atoms. The number of amides is 1. The van der Waals surface area contributed by atoms with Crippen LogP contribution in [0.15, 0.2) is 18.2 Å². The average molecular weight is 317 g/mol. The number of ether oxygens (including phenoxy) is 1. The summed E-state index contributed by atoms with van der Waals surface area (Å²) in [5, 5.41) is 3.33. The molecule has 112 valence electrons. The summed E-state index contributed by atoms with van der Waals surface area (Å²) in [5.74, 6) is 1.24. The monoisotopic (exact) mass is 316 g/mol. The third kappa shape index (κ3) is 5.61. The summed E-state index contributed by atoms with van der Waals surface area (Å²) < 4.78 is 5.58. The molecule has 0 saturated heterocycles. The minimum Gasteiger partial charge on any atom is -0.491 e. The molecule has 6 heteroatoms. The number of nitrogens with two attached hydrogens (primary N) is 1. The summed E-state index contributed by atoms with van der Waals surface area (Å²) in [6.07, 6.45) is 3.51. The summed E-state index contributed by atoms with van der Waals surface area (Å²) in [4.78, 5) is 12.0. The van der Waals surface area contributed by atoms with E-state index in [9.17, 15) is 4.79 Å². The van der Waals surface area contributed by atoms with Gasteiger partial charge in [-0.3, -0.25) is 4.79 Å². The predicted octanol–water partition coefficient (Wildman–Crippen LogP) is 3.15. The topological polar surface area (TPSA) is 64.3 Å². The van der Waals surface area contributed by atoms with Crippen molar-refractivity contribution in [3.05, 3.63) is 23.2 Å². The van der Waals surface area contributed by atoms with Gasteiger partial charge in [-0.2, -0.15) is 11.8 Å². The van der Waals surface area contributed by atoms with Crippen molar-refractivity contribution in [1.82, 2.24) is 0 Å². The molecule has 0 saturated carbocycles. The zero-order chi connectivity index (χ0) is 15.0. The number of carbonyl (C=O) groups excluding carboxylic acids is 1. The number of benzene rings is 1. The summed E-state index contributed by atoms with van der Waals surface area (Å²) in [6, 6.07) is 4.63. The van der Waals surface area contributed by atoms with E-state index in [0.29, 0.717) is 29.5 Å². The first-order valence-electron chi connectivity index (χ1n) is 6.56. The molecule has 0 fully saturated rings. The Hall–Kier alpha value is -0.910. The van der Waals surface area contributed by atoms with E-state index in [1.165, 1.54) is 0 Å². The number of thioether (sulfide) groups is 1. The van der Waals surface area contributed by atoms with Gasteiger partial charge in [0.05, 0.1) is 18.3 Å². The van der Waals surface area contributed by atoms with Crippen molar-refractivity contribution in [3.63, 3.8) is 0 Å². The minimum atomic E-state index is -0.527. The van der Waals surface area contributed by atoms with E-state index in [1.807, 2.05) is 13.2 Å². The fourth-order valence-corrected chi connectivity index (χ4v) is 2.20. The van der Waals surface area contributed by atoms with Crippen LogP contribution < -0.4 is 15.8 Å². The number of anilines is 1. The number of hydrogen-bond donors (Lipinski definition) is 2. The van der Waals surface area contributed by atoms with Crippen LogP contribution in [0.25, 0.3) is 0 Å². The van der Waals surface area contributed by atoms with Crippen molar-refractivity contribution >= 4 is 35.0 Å². The van der Waals surface area contributed by atoms with E-state index in [1.54, 1.807) is 30.0 Å². The van der Waals surface area contributed by atoms with Crippen molar-refractivity contribution in [2.75, 3.05) is 23.9 Å². The second-order valence-electron chi connectivity index (χ2n) is 4.37. The lowest BCUT2D eigenvalue weighted by Crippen LogP contribution is -2.36. The number of carbonyl (C=O) groups is 1. The smallest absolute Gasteiger partial charge is 0.241 e. The summed E-state index contributed by atoms with van der Waals surface area (Å²) in [7, 11) is 0. The van der Waals surface area contributed by atoms with Crippen molar-refractivity contribution in [2.24, 2.45) is 5.73 Å². The second-order valence-corrected chi connectivity index (χ2v) is 5.79. The van der Waals surface area contributed by atoms with Crippen LogP contribution in [0, 0.1) is 0 Å². The summed E-state index contributed by atoms with van der Waals surface area (Å²) in [5.41, 5.74) is 6.41. The Kier molecular flexibility index (Phi) is 7.80. The highest BCUT2D eigenvalue weighted by atomic mass is 35.5. The van der Waals surface area contributed by atoms with E-state index < -0.39 is 6.04 Å². The molecule has 0 aliphatic rings. The standard InChI is InChI=1S/C14H21ClN2O2S/c1-3-7-19-13-5-4-10(15)9-12(13)17-14(18)11(16)6-8-20-2/h4-5,9,11H,3,6-8,16H2,1-2H3,(H,17,18)/t11-/m0/s1. The highest BCUT2D eigenvalue weighted by molar-refractivity contribution is 7.98. The van der Waals surface area contributed by atoms with Crippen LogP contribution in [0.3, 0.4) is 0 Å². The van der Waals surface area contributed by atoms with Crippen molar-refractivity contribution in [2.45, 2.75) is 25.8 Å². The molecule has 4 nitrogen and oxygen atoms in total. The maximum atomic E-state index is 12.0. The second kappa shape index (κ2) is 9.10. The molecule has 1 aromatic carbocycles. The zero-order valence-corrected chi connectivity index (χ0v) is 13.4. The maximum Gasteiger partial charge on any atom is 0.241 e. The first kappa shape index (κ1) is 17.1. The van der Waals surface area contributed by atoms with Gasteiger partial charge in [0, 0.05) is 5.02 Å². The molecule has 0 aliphatic carbocycles. The van der Waals surface area contributed by atoms with Crippen molar-refractivity contribution in [1.29, 1.82) is 0 Å². The molecule has 1 rings (SSSR count). The normalized spacial score (nSPS) is 12.0. The first-order chi connectivity index (χ1) is 9.58. The van der Waals surface area contributed by atoms with Crippen molar-refractivity contribution in [3.8, 4) is 5.75 Å². The Morgan fingerprint density at radius 1 is 1.55 bits per heavy atom. The van der Waals surface area contributed by atoms with Crippen LogP contribution >= 0.6 is 23.4 Å². The number of hydrogen-bond acceptors (Lipinski definition) is 4. The lowest BCUT2D eigenvalue weighted by Gasteiger charge is -2.15. The van der Waals surface area contributed by atoms with E-state index in [4.69, 9.17) is 22.1 Å². The van der Waals surface area contributed by atoms with Gasteiger partial charge in [-0.25, -0.2) is 0 Å². The van der Waals surface area contributed by atoms with Crippen LogP contribution in [0.5, 0.6) is 5.75 Å². The Balaban J connectivity index is 2.73. The molecule has 1 aromatic rings. The largest absolute Gasteiger partial charge is 0.491 e. The summed E-state index contributed by atoms with van der Waals surface area (Å²) in [6.45, 7) is 2.61. The van der Waals surface area contributed by atoms with Gasteiger partial charge in [-0.05, 0) is 43.0 Å². The molecule has 0 aromatic heterocycles. The third-order valence-electron chi connectivity index (χ3n) is 2.63. The third-order valence-corrected chi connectivity index (χ3v) is 3.51. The fourth-order valence-electron chi connectivity index (χ4n) is 1.54. The van der Waals surface area contributed by atoms with E-state index >= 15 is 0 Å². The highest BCUT2D eigenvalue weighted by Crippen LogP contribution is 2.28. The average Bonchev–Trinajstić information content (AvgIpc) is 2.43. The van der Waals surface area contributed by atoms with Crippen LogP contribution in [0.4, 0.5) is 5.69 Å². The molecule has 0 unspecified atom stereocenters. The molecule has 0 spiro atoms. The number of halogens is 1. The van der Waals surface area contributed by atoms with Gasteiger partial charge in [0.25, 0.3) is 0 Å². The molecule has 1 amide bonds. The molecule has 0 aliphatic heterocycles. The van der Waals surface area contributed by atoms with Gasteiger partial charge < -0.3 is 15.8 Å². The van der Waals surface area contributed by atoms with Crippen LogP contribution in [0.1, 0.15) is 19.8 Å². The molecule has 1 atom stereocenters. The van der Waals surface area contributed by atoms with Crippen LogP contribution in [0.2, 0.25) is 5.02 Å². The Morgan fingerprint density at radius 3 is 2.95 bits per heavy atom. The van der Waals surface area contributed by atoms with Gasteiger partial charge in [-0.15, -0.1) is 0 Å². The Morgan fingerprint density at radius 2 is 2.30 bits per heavy atom. The van der Waals surface area contributed by atoms with E-state index in [-0.39, 0.29) is 5.91 Å². The van der Waals surface area contributed by atoms with Gasteiger partial charge in [0.1, 0.15) is 5.75 Å². The number of rotatable bonds is 8. The molecular weight excluding hydrogens is 296 g/mol. The molecular formula is C14H21ClN2O2S. The molecule has 3 N–H and O–H groups in total. The molecule has 20 heavy (non-hydrogen) atoms. The maximum absolute atomic E-state index is 12.0. The highest BCUT2D eigenvalue weighted by Gasteiger charge is 2.15. The SMILES string of the molecule is CCCOc1ccc(Cl)cc1NC(=O)[C@@H](N)CCSC. The predicted molar refractivity (Wildman–Crippen MR) is 86.8 cm³/mol. The molecule has 0 heterocycles. The first-order valence-corrected chi connectivity index (χ1v) is 8.33. The Labute approximate surface area is 129 Å². The van der Waals surface area contributed by atoms with Gasteiger partial charge >= 0.3 is 0 Å². The zero-order valence-electron chi connectivity index (χ0n) is 11.8. The van der Waals surface area contributed by atoms with Crippen LogP contribution in [-0.2, 0) is 4.79 Å². The van der Waals surface area contributed by atoms with Crippen LogP contribution in [-0.4, -0.2) is 30.6 Å². The minimum absolute atomic E-state index is 0.220. The number of nitrogens with one attached hydrogen (secondary N) is 1. The molecule has 0 radical (unpaired) electrons. The van der Waals surface area contributed by atoms with E-state index in [2.05, 4.69) is 5.32 Å². The van der Waals surface area contributed by atoms with E-state index in [0.717, 1.165) is 12.2 Å². The van der Waals surface area contributed by atoms with Gasteiger partial charge in [0.2, 0.25) is 5.91 Å². The van der Waals surface area contributed by atoms with Crippen molar-refractivity contribution < 1.29 is 9.53 Å². The van der Waals surface area contributed by atoms with Gasteiger partial charge in [0.15, 0.2) is 0 Å². The quantitative estimate of drug-likeness (QED) is 0.773. The lowest BCUT2D eigenvalue weighted by atomic mass is 10.2. The summed E-state index contributed by atoms with van der Waals surface area (Å²) >= 11 is 7.62. The Bertz CT molecular complexity index is 443.